The molecule has 1 aliphatic rings. The third-order valence-corrected chi connectivity index (χ3v) is 5.07. The average Bonchev–Trinajstić information content (AvgIpc) is 2.88. The van der Waals surface area contributed by atoms with Gasteiger partial charge in [0.25, 0.3) is 5.91 Å². The van der Waals surface area contributed by atoms with Crippen LogP contribution < -0.4 is 10.6 Å². The Bertz CT molecular complexity index is 510. The van der Waals surface area contributed by atoms with Gasteiger partial charge >= 0.3 is 0 Å². The predicted molar refractivity (Wildman–Crippen MR) is 96.4 cm³/mol. The number of carbonyl (C=O) groups is 1. The van der Waals surface area contributed by atoms with Crippen LogP contribution in [0.4, 0.5) is 0 Å². The first kappa shape index (κ1) is 20.4. The van der Waals surface area contributed by atoms with Crippen molar-refractivity contribution in [3.05, 3.63) is 15.9 Å². The topological polar surface area (TPSA) is 79.0 Å². The van der Waals surface area contributed by atoms with Crippen molar-refractivity contribution in [3.8, 4) is 0 Å². The second-order valence-corrected chi connectivity index (χ2v) is 7.11. The second-order valence-electron chi connectivity index (χ2n) is 6.32. The van der Waals surface area contributed by atoms with E-state index in [1.807, 2.05) is 0 Å². The molecule has 2 rings (SSSR count). The molecular formula is C15H26BrClN4O2. The molecule has 1 aromatic rings. The highest BCUT2D eigenvalue weighted by molar-refractivity contribution is 9.10. The SMILES string of the molecule is COCC1(CNC(=O)c2n[nH]c(C(C)C)c2Br)CCNCC1.Cl. The molecule has 8 heteroatoms. The molecule has 2 heterocycles. The Morgan fingerprint density at radius 2 is 2.09 bits per heavy atom. The zero-order chi connectivity index (χ0) is 16.2. The van der Waals surface area contributed by atoms with Crippen LogP contribution in [0.15, 0.2) is 4.47 Å². The summed E-state index contributed by atoms with van der Waals surface area (Å²) in [4.78, 5) is 12.4. The van der Waals surface area contributed by atoms with Crippen LogP contribution in [0, 0.1) is 5.41 Å². The van der Waals surface area contributed by atoms with E-state index in [0.29, 0.717) is 18.8 Å². The van der Waals surface area contributed by atoms with Crippen molar-refractivity contribution in [1.82, 2.24) is 20.8 Å². The number of methoxy groups -OCH3 is 1. The first-order valence-corrected chi connectivity index (χ1v) is 8.50. The fourth-order valence-electron chi connectivity index (χ4n) is 2.86. The van der Waals surface area contributed by atoms with Gasteiger partial charge in [0.15, 0.2) is 5.69 Å². The predicted octanol–water partition coefficient (Wildman–Crippen LogP) is 2.46. The quantitative estimate of drug-likeness (QED) is 0.674. The minimum atomic E-state index is -0.149. The van der Waals surface area contributed by atoms with E-state index in [1.54, 1.807) is 7.11 Å². The number of ether oxygens (including phenoxy) is 1. The van der Waals surface area contributed by atoms with Crippen molar-refractivity contribution < 1.29 is 9.53 Å². The van der Waals surface area contributed by atoms with Crippen molar-refractivity contribution >= 4 is 34.2 Å². The summed E-state index contributed by atoms with van der Waals surface area (Å²) in [5.74, 6) is 0.136. The summed E-state index contributed by atoms with van der Waals surface area (Å²) >= 11 is 3.47. The Morgan fingerprint density at radius 3 is 2.61 bits per heavy atom. The van der Waals surface area contributed by atoms with E-state index in [9.17, 15) is 4.79 Å². The second kappa shape index (κ2) is 9.01. The summed E-state index contributed by atoms with van der Waals surface area (Å²) in [7, 11) is 1.71. The lowest BCUT2D eigenvalue weighted by atomic mass is 9.79. The van der Waals surface area contributed by atoms with Crippen LogP contribution in [0.1, 0.15) is 48.8 Å². The number of hydrogen-bond acceptors (Lipinski definition) is 4. The molecule has 1 aliphatic heterocycles. The standard InChI is InChI=1S/C15H25BrN4O2.ClH/c1-10(2)12-11(16)13(20-19-12)14(21)18-8-15(9-22-3)4-6-17-7-5-15;/h10,17H,4-9H2,1-3H3,(H,18,21)(H,19,20);1H. The van der Waals surface area contributed by atoms with Gasteiger partial charge in [-0.05, 0) is 47.8 Å². The van der Waals surface area contributed by atoms with Gasteiger partial charge in [-0.2, -0.15) is 5.10 Å². The summed E-state index contributed by atoms with van der Waals surface area (Å²) in [6.07, 6.45) is 2.00. The van der Waals surface area contributed by atoms with E-state index in [-0.39, 0.29) is 29.6 Å². The van der Waals surface area contributed by atoms with Crippen LogP contribution in [-0.4, -0.2) is 49.5 Å². The van der Waals surface area contributed by atoms with Gasteiger partial charge in [0.2, 0.25) is 0 Å². The normalized spacial score (nSPS) is 16.9. The maximum absolute atomic E-state index is 12.4. The zero-order valence-corrected chi connectivity index (χ0v) is 16.3. The highest BCUT2D eigenvalue weighted by atomic mass is 79.9. The van der Waals surface area contributed by atoms with E-state index in [2.05, 4.69) is 50.6 Å². The molecule has 0 spiro atoms. The summed E-state index contributed by atoms with van der Waals surface area (Å²) in [6.45, 7) is 7.31. The number of halogens is 2. The average molecular weight is 410 g/mol. The molecule has 0 bridgehead atoms. The van der Waals surface area contributed by atoms with Crippen LogP contribution in [0.2, 0.25) is 0 Å². The van der Waals surface area contributed by atoms with Gasteiger partial charge in [-0.3, -0.25) is 9.89 Å². The molecule has 1 fully saturated rings. The molecule has 0 aliphatic carbocycles. The Labute approximate surface area is 152 Å². The number of hydrogen-bond donors (Lipinski definition) is 3. The number of H-pyrrole nitrogens is 1. The van der Waals surface area contributed by atoms with Crippen LogP contribution in [-0.2, 0) is 4.74 Å². The van der Waals surface area contributed by atoms with Crippen LogP contribution in [0.5, 0.6) is 0 Å². The zero-order valence-electron chi connectivity index (χ0n) is 13.9. The van der Waals surface area contributed by atoms with Crippen molar-refractivity contribution in [2.75, 3.05) is 33.4 Å². The van der Waals surface area contributed by atoms with Gasteiger partial charge < -0.3 is 15.4 Å². The van der Waals surface area contributed by atoms with Gasteiger partial charge in [0.05, 0.1) is 16.8 Å². The van der Waals surface area contributed by atoms with E-state index < -0.39 is 0 Å². The Balaban J connectivity index is 0.00000264. The largest absolute Gasteiger partial charge is 0.384 e. The fourth-order valence-corrected chi connectivity index (χ4v) is 3.68. The van der Waals surface area contributed by atoms with Crippen molar-refractivity contribution in [1.29, 1.82) is 0 Å². The van der Waals surface area contributed by atoms with Gasteiger partial charge in [0.1, 0.15) is 0 Å². The van der Waals surface area contributed by atoms with Crippen LogP contribution in [0.3, 0.4) is 0 Å². The van der Waals surface area contributed by atoms with Gasteiger partial charge in [-0.1, -0.05) is 13.8 Å². The number of nitrogens with one attached hydrogen (secondary N) is 3. The molecule has 1 saturated heterocycles. The molecule has 1 amide bonds. The summed E-state index contributed by atoms with van der Waals surface area (Å²) < 4.78 is 6.13. The first-order valence-electron chi connectivity index (χ1n) is 7.71. The van der Waals surface area contributed by atoms with Crippen LogP contribution in [0.25, 0.3) is 0 Å². The van der Waals surface area contributed by atoms with E-state index in [0.717, 1.165) is 36.1 Å². The minimum Gasteiger partial charge on any atom is -0.384 e. The number of aromatic nitrogens is 2. The maximum atomic E-state index is 12.4. The molecule has 0 radical (unpaired) electrons. The molecule has 0 unspecified atom stereocenters. The monoisotopic (exact) mass is 408 g/mol. The summed E-state index contributed by atoms with van der Waals surface area (Å²) in [6, 6.07) is 0. The molecule has 132 valence electrons. The van der Waals surface area contributed by atoms with Crippen molar-refractivity contribution in [2.45, 2.75) is 32.6 Å². The Kier molecular flexibility index (Phi) is 8.00. The number of rotatable bonds is 6. The molecule has 0 saturated carbocycles. The van der Waals surface area contributed by atoms with Crippen LogP contribution >= 0.6 is 28.3 Å². The Hall–Kier alpha value is -0.630. The summed E-state index contributed by atoms with van der Waals surface area (Å²) in [5, 5.41) is 13.5. The third kappa shape index (κ3) is 4.92. The first-order chi connectivity index (χ1) is 10.5. The molecule has 0 atom stereocenters. The fraction of sp³-hybridized carbons (Fsp3) is 0.733. The minimum absolute atomic E-state index is 0. The number of nitrogens with zero attached hydrogens (tertiary/aromatic N) is 1. The van der Waals surface area contributed by atoms with Crippen molar-refractivity contribution in [2.24, 2.45) is 5.41 Å². The maximum Gasteiger partial charge on any atom is 0.272 e. The molecule has 23 heavy (non-hydrogen) atoms. The third-order valence-electron chi connectivity index (χ3n) is 4.26. The highest BCUT2D eigenvalue weighted by Crippen LogP contribution is 2.29. The van der Waals surface area contributed by atoms with E-state index >= 15 is 0 Å². The molecule has 3 N–H and O–H groups in total. The molecule has 0 aromatic carbocycles. The lowest BCUT2D eigenvalue weighted by Gasteiger charge is -2.37. The number of amides is 1. The smallest absolute Gasteiger partial charge is 0.272 e. The molecule has 6 nitrogen and oxygen atoms in total. The van der Waals surface area contributed by atoms with E-state index in [1.165, 1.54) is 0 Å². The molecule has 1 aromatic heterocycles. The highest BCUT2D eigenvalue weighted by Gasteiger charge is 2.33. The lowest BCUT2D eigenvalue weighted by molar-refractivity contribution is 0.0510. The lowest BCUT2D eigenvalue weighted by Crippen LogP contribution is -2.47. The number of piperidine rings is 1. The molecular weight excluding hydrogens is 384 g/mol. The van der Waals surface area contributed by atoms with Gasteiger partial charge in [-0.25, -0.2) is 0 Å². The number of aromatic amines is 1. The van der Waals surface area contributed by atoms with Crippen molar-refractivity contribution in [3.63, 3.8) is 0 Å². The Morgan fingerprint density at radius 1 is 1.43 bits per heavy atom. The van der Waals surface area contributed by atoms with E-state index in [4.69, 9.17) is 4.74 Å². The van der Waals surface area contributed by atoms with Gasteiger partial charge in [-0.15, -0.1) is 12.4 Å². The summed E-state index contributed by atoms with van der Waals surface area (Å²) in [5.41, 5.74) is 1.38. The van der Waals surface area contributed by atoms with Gasteiger partial charge in [0, 0.05) is 19.1 Å². The number of carbonyl (C=O) groups excluding carboxylic acids is 1.